The molecule has 0 heterocycles. The molecule has 0 fully saturated rings. The molecule has 0 saturated carbocycles. The van der Waals surface area contributed by atoms with Crippen molar-refractivity contribution in [2.24, 2.45) is 0 Å². The number of anilines is 2. The Balaban J connectivity index is 1.69. The van der Waals surface area contributed by atoms with Gasteiger partial charge in [0.25, 0.3) is 10.0 Å². The van der Waals surface area contributed by atoms with Crippen molar-refractivity contribution in [3.8, 4) is 0 Å². The summed E-state index contributed by atoms with van der Waals surface area (Å²) in [6.45, 7) is 5.66. The number of para-hydroxylation sites is 1. The first-order valence-electron chi connectivity index (χ1n) is 10.1. The summed E-state index contributed by atoms with van der Waals surface area (Å²) in [7, 11) is -3.75. The van der Waals surface area contributed by atoms with Crippen molar-refractivity contribution in [3.05, 3.63) is 82.9 Å². The van der Waals surface area contributed by atoms with Gasteiger partial charge >= 0.3 is 0 Å². The Morgan fingerprint density at radius 2 is 1.56 bits per heavy atom. The maximum Gasteiger partial charge on any atom is 0.261 e. The Hall–Kier alpha value is -2.48. The average Bonchev–Trinajstić information content (AvgIpc) is 2.76. The minimum atomic E-state index is -3.75. The number of hydrogen-bond acceptors (Lipinski definition) is 4. The molecule has 0 saturated heterocycles. The van der Waals surface area contributed by atoms with E-state index < -0.39 is 10.0 Å². The van der Waals surface area contributed by atoms with Gasteiger partial charge in [0.05, 0.1) is 15.8 Å². The molecule has 0 aliphatic heterocycles. The van der Waals surface area contributed by atoms with Crippen molar-refractivity contribution in [2.45, 2.75) is 42.2 Å². The lowest BCUT2D eigenvalue weighted by atomic mass is 10.1. The lowest BCUT2D eigenvalue weighted by molar-refractivity contribution is -0.115. The molecule has 0 aliphatic carbocycles. The average molecular weight is 489 g/mol. The van der Waals surface area contributed by atoms with E-state index in [1.54, 1.807) is 24.3 Å². The Kier molecular flexibility index (Phi) is 7.87. The van der Waals surface area contributed by atoms with E-state index in [1.807, 2.05) is 51.1 Å². The molecule has 2 N–H and O–H groups in total. The second-order valence-corrected chi connectivity index (χ2v) is 10.7. The number of halogens is 1. The van der Waals surface area contributed by atoms with Crippen molar-refractivity contribution >= 4 is 50.7 Å². The van der Waals surface area contributed by atoms with E-state index in [1.165, 1.54) is 23.9 Å². The number of carbonyl (C=O) groups excluding carboxylic acids is 1. The number of benzene rings is 3. The lowest BCUT2D eigenvalue weighted by Crippen LogP contribution is -2.24. The predicted molar refractivity (Wildman–Crippen MR) is 133 cm³/mol. The highest BCUT2D eigenvalue weighted by Crippen LogP contribution is 2.28. The maximum atomic E-state index is 12.8. The zero-order valence-electron chi connectivity index (χ0n) is 18.1. The maximum absolute atomic E-state index is 12.8. The van der Waals surface area contributed by atoms with Crippen LogP contribution in [0.3, 0.4) is 0 Å². The Labute approximate surface area is 198 Å². The number of nitrogens with one attached hydrogen (secondary N) is 2. The lowest BCUT2D eigenvalue weighted by Gasteiger charge is -2.16. The number of hydrogen-bond donors (Lipinski definition) is 2. The van der Waals surface area contributed by atoms with Crippen LogP contribution in [0, 0.1) is 13.8 Å². The Morgan fingerprint density at radius 1 is 0.969 bits per heavy atom. The Bertz CT molecular complexity index is 1170. The molecule has 1 amide bonds. The van der Waals surface area contributed by atoms with Gasteiger partial charge in [0.1, 0.15) is 0 Å². The molecule has 3 aromatic rings. The van der Waals surface area contributed by atoms with Crippen molar-refractivity contribution < 1.29 is 13.2 Å². The number of amides is 1. The summed E-state index contributed by atoms with van der Waals surface area (Å²) in [6.07, 6.45) is 0.644. The molecule has 0 aromatic heterocycles. The molecule has 8 heteroatoms. The van der Waals surface area contributed by atoms with Gasteiger partial charge in [-0.3, -0.25) is 9.52 Å². The number of thioether (sulfide) groups is 1. The molecule has 0 radical (unpaired) electrons. The fourth-order valence-corrected chi connectivity index (χ4v) is 5.39. The van der Waals surface area contributed by atoms with Gasteiger partial charge in [-0.2, -0.15) is 0 Å². The first kappa shape index (κ1) is 24.2. The molecule has 0 aliphatic rings. The van der Waals surface area contributed by atoms with Gasteiger partial charge in [0, 0.05) is 15.6 Å². The monoisotopic (exact) mass is 488 g/mol. The summed E-state index contributed by atoms with van der Waals surface area (Å²) in [4.78, 5) is 13.8. The number of rotatable bonds is 8. The van der Waals surface area contributed by atoms with Gasteiger partial charge in [-0.25, -0.2) is 8.42 Å². The first-order valence-corrected chi connectivity index (χ1v) is 12.9. The third-order valence-electron chi connectivity index (χ3n) is 4.90. The normalized spacial score (nSPS) is 12.2. The molecular weight excluding hydrogens is 464 g/mol. The van der Waals surface area contributed by atoms with E-state index in [4.69, 9.17) is 11.6 Å². The molecule has 5 nitrogen and oxygen atoms in total. The standard InChI is InChI=1S/C24H25ClN2O3S2/c1-4-22(31-20-12-8-18(25)9-13-20)24(28)26-19-10-14-21(15-11-19)32(29,30)27-23-16(2)6-5-7-17(23)3/h5-15,22,27H,4H2,1-3H3,(H,26,28)/t22-/m0/s1. The molecule has 168 valence electrons. The summed E-state index contributed by atoms with van der Waals surface area (Å²) in [5.41, 5.74) is 2.81. The van der Waals surface area contributed by atoms with E-state index in [0.29, 0.717) is 22.8 Å². The van der Waals surface area contributed by atoms with E-state index in [9.17, 15) is 13.2 Å². The molecule has 3 aromatic carbocycles. The number of aryl methyl sites for hydroxylation is 2. The van der Waals surface area contributed by atoms with Crippen LogP contribution < -0.4 is 10.0 Å². The largest absolute Gasteiger partial charge is 0.325 e. The summed E-state index contributed by atoms with van der Waals surface area (Å²) in [5, 5.41) is 3.23. The van der Waals surface area contributed by atoms with Crippen molar-refractivity contribution in [2.75, 3.05) is 10.0 Å². The number of sulfonamides is 1. The van der Waals surface area contributed by atoms with E-state index in [0.717, 1.165) is 16.0 Å². The third-order valence-corrected chi connectivity index (χ3v) is 7.90. The van der Waals surface area contributed by atoms with Crippen LogP contribution in [0.1, 0.15) is 24.5 Å². The van der Waals surface area contributed by atoms with Gasteiger partial charge in [0.2, 0.25) is 5.91 Å². The first-order chi connectivity index (χ1) is 15.2. The highest BCUT2D eigenvalue weighted by molar-refractivity contribution is 8.00. The third kappa shape index (κ3) is 6.06. The van der Waals surface area contributed by atoms with Crippen molar-refractivity contribution in [3.63, 3.8) is 0 Å². The molecule has 32 heavy (non-hydrogen) atoms. The minimum absolute atomic E-state index is 0.126. The smallest absolute Gasteiger partial charge is 0.261 e. The molecular formula is C24H25ClN2O3S2. The van der Waals surface area contributed by atoms with Crippen LogP contribution in [-0.2, 0) is 14.8 Å². The molecule has 0 spiro atoms. The quantitative estimate of drug-likeness (QED) is 0.366. The van der Waals surface area contributed by atoms with Gasteiger partial charge in [-0.15, -0.1) is 11.8 Å². The molecule has 3 rings (SSSR count). The van der Waals surface area contributed by atoms with Crippen LogP contribution in [0.2, 0.25) is 5.02 Å². The van der Waals surface area contributed by atoms with Crippen LogP contribution in [0.25, 0.3) is 0 Å². The molecule has 0 bridgehead atoms. The summed E-state index contributed by atoms with van der Waals surface area (Å²) in [6, 6.07) is 19.1. The highest BCUT2D eigenvalue weighted by atomic mass is 35.5. The topological polar surface area (TPSA) is 75.3 Å². The van der Waals surface area contributed by atoms with Crippen molar-refractivity contribution in [1.29, 1.82) is 0 Å². The van der Waals surface area contributed by atoms with E-state index >= 15 is 0 Å². The van der Waals surface area contributed by atoms with Gasteiger partial charge in [-0.1, -0.05) is 36.7 Å². The zero-order chi connectivity index (χ0) is 23.3. The van der Waals surface area contributed by atoms with Gasteiger partial charge in [-0.05, 0) is 79.9 Å². The van der Waals surface area contributed by atoms with Crippen LogP contribution >= 0.6 is 23.4 Å². The summed E-state index contributed by atoms with van der Waals surface area (Å²) >= 11 is 7.38. The fraction of sp³-hybridized carbons (Fsp3) is 0.208. The molecule has 0 unspecified atom stereocenters. The minimum Gasteiger partial charge on any atom is -0.325 e. The van der Waals surface area contributed by atoms with Crippen molar-refractivity contribution in [1.82, 2.24) is 0 Å². The fourth-order valence-electron chi connectivity index (χ4n) is 3.11. The SMILES string of the molecule is CC[C@H](Sc1ccc(Cl)cc1)C(=O)Nc1ccc(S(=O)(=O)Nc2c(C)cccc2C)cc1. The van der Waals surface area contributed by atoms with Crippen LogP contribution in [-0.4, -0.2) is 19.6 Å². The van der Waals surface area contributed by atoms with Gasteiger partial charge < -0.3 is 5.32 Å². The number of carbonyl (C=O) groups is 1. The van der Waals surface area contributed by atoms with E-state index in [-0.39, 0.29) is 16.1 Å². The zero-order valence-corrected chi connectivity index (χ0v) is 20.4. The Morgan fingerprint density at radius 3 is 2.12 bits per heavy atom. The van der Waals surface area contributed by atoms with E-state index in [2.05, 4.69) is 10.0 Å². The van der Waals surface area contributed by atoms with Crippen LogP contribution in [0.4, 0.5) is 11.4 Å². The van der Waals surface area contributed by atoms with Crippen LogP contribution in [0.15, 0.2) is 76.5 Å². The van der Waals surface area contributed by atoms with Gasteiger partial charge in [0.15, 0.2) is 0 Å². The second-order valence-electron chi connectivity index (χ2n) is 7.35. The molecule has 1 atom stereocenters. The highest BCUT2D eigenvalue weighted by Gasteiger charge is 2.20. The summed E-state index contributed by atoms with van der Waals surface area (Å²) in [5.74, 6) is -0.142. The predicted octanol–water partition coefficient (Wildman–Crippen LogP) is 6.27. The second kappa shape index (κ2) is 10.4. The van der Waals surface area contributed by atoms with Crippen LogP contribution in [0.5, 0.6) is 0 Å². The summed E-state index contributed by atoms with van der Waals surface area (Å²) < 4.78 is 28.3.